The molecule has 1 aromatic carbocycles. The number of anilines is 1. The topological polar surface area (TPSA) is 165 Å². The molecule has 0 aliphatic heterocycles. The van der Waals surface area contributed by atoms with Gasteiger partial charge in [0.2, 0.25) is 0 Å². The lowest BCUT2D eigenvalue weighted by molar-refractivity contribution is -0.384. The number of nitro benzene ring substituents is 1. The number of nitrogens with one attached hydrogen (secondary N) is 1. The summed E-state index contributed by atoms with van der Waals surface area (Å²) in [5, 5.41) is 25.1. The lowest BCUT2D eigenvalue weighted by Crippen LogP contribution is -2.09. The molecule has 10 nitrogen and oxygen atoms in total. The van der Waals surface area contributed by atoms with Crippen molar-refractivity contribution >= 4 is 23.3 Å². The summed E-state index contributed by atoms with van der Waals surface area (Å²) in [6, 6.07) is 4.13. The monoisotopic (exact) mass is 273 g/mol. The van der Waals surface area contributed by atoms with Gasteiger partial charge in [-0.15, -0.1) is 0 Å². The second kappa shape index (κ2) is 7.45. The number of ether oxygens (including phenoxy) is 1. The van der Waals surface area contributed by atoms with Crippen molar-refractivity contribution in [2.45, 2.75) is 0 Å². The molecule has 10 heteroatoms. The van der Waals surface area contributed by atoms with Crippen LogP contribution in [0.3, 0.4) is 0 Å². The van der Waals surface area contributed by atoms with E-state index in [1.54, 1.807) is 0 Å². The zero-order valence-electron chi connectivity index (χ0n) is 9.69. The van der Waals surface area contributed by atoms with Crippen LogP contribution >= 0.6 is 0 Å². The Morgan fingerprint density at radius 1 is 1.37 bits per heavy atom. The number of hydrogen-bond acceptors (Lipinski definition) is 7. The molecule has 0 radical (unpaired) electrons. The van der Waals surface area contributed by atoms with E-state index >= 15 is 0 Å². The van der Waals surface area contributed by atoms with E-state index in [-0.39, 0.29) is 5.69 Å². The summed E-state index contributed by atoms with van der Waals surface area (Å²) in [5.41, 5.74) is 2.84. The molecule has 0 saturated heterocycles. The Balaban J connectivity index is 0.000000459. The van der Waals surface area contributed by atoms with Gasteiger partial charge in [0.15, 0.2) is 0 Å². The average molecular weight is 273 g/mol. The number of carboxylic acids is 2. The number of nitrogens with two attached hydrogens (primary N) is 1. The van der Waals surface area contributed by atoms with Crippen molar-refractivity contribution in [1.29, 1.82) is 0 Å². The summed E-state index contributed by atoms with van der Waals surface area (Å²) in [6.07, 6.45) is 0. The van der Waals surface area contributed by atoms with Gasteiger partial charge in [-0.2, -0.15) is 0 Å². The molecule has 0 saturated carbocycles. The van der Waals surface area contributed by atoms with Crippen molar-refractivity contribution in [3.8, 4) is 5.75 Å². The number of nitrogen functional groups attached to an aromatic ring is 1. The molecule has 1 rings (SSSR count). The SMILES string of the molecule is COc1cc([N+](=O)[O-])ccc1NN.O=C(O)C(=O)O. The fourth-order valence-corrected chi connectivity index (χ4v) is 0.913. The minimum absolute atomic E-state index is 0.0316. The first kappa shape index (κ1) is 16.1. The number of benzene rings is 1. The number of aliphatic carboxylic acids is 2. The first-order valence-corrected chi connectivity index (χ1v) is 4.58. The first-order chi connectivity index (χ1) is 8.83. The summed E-state index contributed by atoms with van der Waals surface area (Å²) in [5.74, 6) is 1.85. The highest BCUT2D eigenvalue weighted by atomic mass is 16.6. The van der Waals surface area contributed by atoms with E-state index in [0.29, 0.717) is 11.4 Å². The summed E-state index contributed by atoms with van der Waals surface area (Å²) in [4.78, 5) is 28.1. The van der Waals surface area contributed by atoms with Gasteiger partial charge in [0.05, 0.1) is 23.8 Å². The average Bonchev–Trinajstić information content (AvgIpc) is 2.38. The molecule has 0 aliphatic rings. The molecule has 1 aromatic rings. The number of rotatable bonds is 3. The lowest BCUT2D eigenvalue weighted by Gasteiger charge is -2.06. The van der Waals surface area contributed by atoms with Crippen LogP contribution in [-0.4, -0.2) is 34.2 Å². The van der Waals surface area contributed by atoms with E-state index in [9.17, 15) is 10.1 Å². The van der Waals surface area contributed by atoms with Gasteiger partial charge in [0.25, 0.3) is 5.69 Å². The van der Waals surface area contributed by atoms with Crippen molar-refractivity contribution < 1.29 is 29.5 Å². The molecule has 0 fully saturated rings. The number of hydrazine groups is 1. The molecule has 0 bridgehead atoms. The second-order valence-corrected chi connectivity index (χ2v) is 2.90. The summed E-state index contributed by atoms with van der Waals surface area (Å²) >= 11 is 0. The number of non-ortho nitro benzene ring substituents is 1. The van der Waals surface area contributed by atoms with Gasteiger partial charge in [0.1, 0.15) is 5.75 Å². The van der Waals surface area contributed by atoms with Crippen LogP contribution in [0.1, 0.15) is 0 Å². The van der Waals surface area contributed by atoms with Crippen LogP contribution in [0.4, 0.5) is 11.4 Å². The predicted molar refractivity (Wildman–Crippen MR) is 62.7 cm³/mol. The van der Waals surface area contributed by atoms with Gasteiger partial charge in [-0.1, -0.05) is 0 Å². The Kier molecular flexibility index (Phi) is 6.32. The van der Waals surface area contributed by atoms with Gasteiger partial charge in [0, 0.05) is 6.07 Å². The Hall–Kier alpha value is -2.88. The van der Waals surface area contributed by atoms with Crippen molar-refractivity contribution in [2.75, 3.05) is 12.5 Å². The number of nitro groups is 1. The van der Waals surface area contributed by atoms with E-state index in [1.807, 2.05) is 0 Å². The molecule has 0 unspecified atom stereocenters. The molecule has 0 spiro atoms. The summed E-state index contributed by atoms with van der Waals surface area (Å²) in [6.45, 7) is 0. The highest BCUT2D eigenvalue weighted by molar-refractivity contribution is 6.27. The van der Waals surface area contributed by atoms with Crippen LogP contribution in [0.2, 0.25) is 0 Å². The van der Waals surface area contributed by atoms with E-state index < -0.39 is 16.9 Å². The van der Waals surface area contributed by atoms with Gasteiger partial charge in [-0.3, -0.25) is 16.0 Å². The molecule has 5 N–H and O–H groups in total. The Morgan fingerprint density at radius 2 is 1.89 bits per heavy atom. The third-order valence-electron chi connectivity index (χ3n) is 1.73. The molecule has 0 aliphatic carbocycles. The van der Waals surface area contributed by atoms with E-state index in [0.717, 1.165) is 0 Å². The van der Waals surface area contributed by atoms with Gasteiger partial charge >= 0.3 is 11.9 Å². The molecule has 104 valence electrons. The van der Waals surface area contributed by atoms with Crippen LogP contribution < -0.4 is 16.0 Å². The molecule has 19 heavy (non-hydrogen) atoms. The maximum Gasteiger partial charge on any atom is 0.414 e. The van der Waals surface area contributed by atoms with Crippen molar-refractivity contribution in [2.24, 2.45) is 5.84 Å². The highest BCUT2D eigenvalue weighted by Crippen LogP contribution is 2.27. The fourth-order valence-electron chi connectivity index (χ4n) is 0.913. The number of hydrogen-bond donors (Lipinski definition) is 4. The third kappa shape index (κ3) is 5.32. The second-order valence-electron chi connectivity index (χ2n) is 2.90. The molecule has 0 atom stereocenters. The van der Waals surface area contributed by atoms with Crippen LogP contribution in [0.5, 0.6) is 5.75 Å². The number of nitrogens with zero attached hydrogens (tertiary/aromatic N) is 1. The maximum atomic E-state index is 10.4. The molecule has 0 heterocycles. The minimum atomic E-state index is -1.82. The smallest absolute Gasteiger partial charge is 0.414 e. The maximum absolute atomic E-state index is 10.4. The number of carboxylic acid groups (broad SMARTS) is 2. The van der Waals surface area contributed by atoms with Crippen LogP contribution in [0, 0.1) is 10.1 Å². The fraction of sp³-hybridized carbons (Fsp3) is 0.111. The van der Waals surface area contributed by atoms with Gasteiger partial charge in [-0.05, 0) is 6.07 Å². The normalized spacial score (nSPS) is 8.74. The van der Waals surface area contributed by atoms with E-state index in [1.165, 1.54) is 25.3 Å². The largest absolute Gasteiger partial charge is 0.494 e. The Bertz CT molecular complexity index is 477. The summed E-state index contributed by atoms with van der Waals surface area (Å²) in [7, 11) is 1.42. The third-order valence-corrected chi connectivity index (χ3v) is 1.73. The highest BCUT2D eigenvalue weighted by Gasteiger charge is 2.09. The standard InChI is InChI=1S/C7H9N3O3.C2H2O4/c1-13-7-4-5(10(11)12)2-3-6(7)9-8;3-1(4)2(5)6/h2-4,9H,8H2,1H3;(H,3,4)(H,5,6). The minimum Gasteiger partial charge on any atom is -0.494 e. The van der Waals surface area contributed by atoms with Crippen molar-refractivity contribution in [3.63, 3.8) is 0 Å². The molecule has 0 aromatic heterocycles. The summed E-state index contributed by atoms with van der Waals surface area (Å²) < 4.78 is 4.88. The van der Waals surface area contributed by atoms with Crippen LogP contribution in [0.25, 0.3) is 0 Å². The van der Waals surface area contributed by atoms with E-state index in [4.69, 9.17) is 30.4 Å². The quantitative estimate of drug-likeness (QED) is 0.257. The van der Waals surface area contributed by atoms with Crippen molar-refractivity contribution in [3.05, 3.63) is 28.3 Å². The zero-order chi connectivity index (χ0) is 15.0. The van der Waals surface area contributed by atoms with Gasteiger partial charge in [-0.25, -0.2) is 9.59 Å². The van der Waals surface area contributed by atoms with Gasteiger partial charge < -0.3 is 20.4 Å². The predicted octanol–water partition coefficient (Wildman–Crippen LogP) is 0.0446. The van der Waals surface area contributed by atoms with Crippen LogP contribution in [-0.2, 0) is 9.59 Å². The van der Waals surface area contributed by atoms with E-state index in [2.05, 4.69) is 5.43 Å². The molecular weight excluding hydrogens is 262 g/mol. The van der Waals surface area contributed by atoms with Crippen molar-refractivity contribution in [1.82, 2.24) is 0 Å². The zero-order valence-corrected chi connectivity index (χ0v) is 9.69. The Labute approximate surface area is 106 Å². The molecule has 0 amide bonds. The number of methoxy groups -OCH3 is 1. The van der Waals surface area contributed by atoms with Crippen LogP contribution in [0.15, 0.2) is 18.2 Å². The number of carbonyl (C=O) groups is 2. The lowest BCUT2D eigenvalue weighted by atomic mass is 10.2. The molecular formula is C9H11N3O7. The first-order valence-electron chi connectivity index (χ1n) is 4.58. The Morgan fingerprint density at radius 3 is 2.21 bits per heavy atom.